The van der Waals surface area contributed by atoms with Crippen molar-refractivity contribution in [1.82, 2.24) is 9.13 Å². The van der Waals surface area contributed by atoms with E-state index in [0.29, 0.717) is 5.62 Å². The van der Waals surface area contributed by atoms with Gasteiger partial charge in [-0.1, -0.05) is 43.7 Å². The number of para-hydroxylation sites is 1. The lowest BCUT2D eigenvalue weighted by molar-refractivity contribution is -0.116. The quantitative estimate of drug-likeness (QED) is 0.905. The molecule has 0 bridgehead atoms. The first-order chi connectivity index (χ1) is 11.1. The van der Waals surface area contributed by atoms with Gasteiger partial charge in [-0.15, -0.1) is 0 Å². The van der Waals surface area contributed by atoms with Crippen LogP contribution < -0.4 is 5.62 Å². The van der Waals surface area contributed by atoms with Crippen LogP contribution in [0, 0.1) is 5.41 Å². The van der Waals surface area contributed by atoms with Gasteiger partial charge in [0.1, 0.15) is 0 Å². The van der Waals surface area contributed by atoms with Gasteiger partial charge < -0.3 is 9.13 Å². The highest BCUT2D eigenvalue weighted by Crippen LogP contribution is 2.20. The summed E-state index contributed by atoms with van der Waals surface area (Å²) in [5.74, 6) is 0.112. The van der Waals surface area contributed by atoms with Gasteiger partial charge in [-0.2, -0.15) is 0 Å². The summed E-state index contributed by atoms with van der Waals surface area (Å²) in [7, 11) is 1.91. The molecule has 1 aromatic heterocycles. The molecule has 120 valence electrons. The van der Waals surface area contributed by atoms with Gasteiger partial charge in [-0.05, 0) is 36.5 Å². The number of carbonyl (C=O) groups excluding carboxylic acids is 1. The van der Waals surface area contributed by atoms with Crippen LogP contribution in [0.1, 0.15) is 31.7 Å². The first-order valence-corrected chi connectivity index (χ1v) is 8.24. The molecule has 0 saturated carbocycles. The summed E-state index contributed by atoms with van der Waals surface area (Å²) in [6.45, 7) is 2.40. The maximum atomic E-state index is 12.6. The van der Waals surface area contributed by atoms with Crippen molar-refractivity contribution >= 4 is 16.8 Å². The number of aryl methyl sites for hydroxylation is 2. The van der Waals surface area contributed by atoms with Crippen LogP contribution in [0.4, 0.5) is 0 Å². The van der Waals surface area contributed by atoms with Crippen molar-refractivity contribution in [1.29, 1.82) is 5.41 Å². The highest BCUT2D eigenvalue weighted by atomic mass is 16.1. The molecule has 0 atom stereocenters. The van der Waals surface area contributed by atoms with Gasteiger partial charge in [0.25, 0.3) is 0 Å². The zero-order valence-corrected chi connectivity index (χ0v) is 13.8. The molecule has 1 heterocycles. The molecule has 2 aromatic rings. The molecule has 0 spiro atoms. The number of nitrogens with one attached hydrogen (secondary N) is 1. The number of ketones is 1. The third-order valence-electron chi connectivity index (χ3n) is 4.49. The predicted octanol–water partition coefficient (Wildman–Crippen LogP) is 3.26. The summed E-state index contributed by atoms with van der Waals surface area (Å²) in [5, 5.41) is 8.40. The molecular weight excluding hydrogens is 286 g/mol. The first-order valence-electron chi connectivity index (χ1n) is 8.24. The predicted molar refractivity (Wildman–Crippen MR) is 92.2 cm³/mol. The fourth-order valence-corrected chi connectivity index (χ4v) is 3.30. The molecule has 1 N–H and O–H groups in total. The molecule has 4 heteroatoms. The number of imidazole rings is 1. The van der Waals surface area contributed by atoms with Gasteiger partial charge >= 0.3 is 0 Å². The number of nitrogens with zero attached hydrogens (tertiary/aromatic N) is 2. The van der Waals surface area contributed by atoms with Crippen molar-refractivity contribution in [3.8, 4) is 0 Å². The van der Waals surface area contributed by atoms with Crippen molar-refractivity contribution in [3.63, 3.8) is 0 Å². The van der Waals surface area contributed by atoms with Crippen molar-refractivity contribution in [2.24, 2.45) is 7.05 Å². The largest absolute Gasteiger partial charge is 0.313 e. The molecule has 0 unspecified atom stereocenters. The normalized spacial score (nSPS) is 14.3. The van der Waals surface area contributed by atoms with Crippen LogP contribution in [0.25, 0.3) is 11.0 Å². The van der Waals surface area contributed by atoms with E-state index in [-0.39, 0.29) is 12.3 Å². The molecule has 3 rings (SSSR count). The topological polar surface area (TPSA) is 50.8 Å². The van der Waals surface area contributed by atoms with E-state index in [1.165, 1.54) is 5.56 Å². The minimum Gasteiger partial charge on any atom is -0.313 e. The van der Waals surface area contributed by atoms with Crippen molar-refractivity contribution < 1.29 is 4.79 Å². The van der Waals surface area contributed by atoms with E-state index in [4.69, 9.17) is 5.41 Å². The second-order valence-corrected chi connectivity index (χ2v) is 6.09. The lowest BCUT2D eigenvalue weighted by atomic mass is 10.0. The highest BCUT2D eigenvalue weighted by Gasteiger charge is 2.16. The van der Waals surface area contributed by atoms with Crippen molar-refractivity contribution in [2.75, 3.05) is 0 Å². The highest BCUT2D eigenvalue weighted by molar-refractivity contribution is 5.96. The fourth-order valence-electron chi connectivity index (χ4n) is 3.30. The van der Waals surface area contributed by atoms with Gasteiger partial charge in [0.05, 0.1) is 17.6 Å². The zero-order chi connectivity index (χ0) is 16.4. The molecule has 0 aliphatic heterocycles. The maximum Gasteiger partial charge on any atom is 0.203 e. The number of fused-ring (bicyclic) bond motifs is 1. The van der Waals surface area contributed by atoms with E-state index >= 15 is 0 Å². The van der Waals surface area contributed by atoms with Crippen LogP contribution in [0.3, 0.4) is 0 Å². The fraction of sp³-hybridized carbons (Fsp3) is 0.368. The van der Waals surface area contributed by atoms with Crippen LogP contribution >= 0.6 is 0 Å². The molecular formula is C19H23N3O. The van der Waals surface area contributed by atoms with Crippen molar-refractivity contribution in [3.05, 3.63) is 53.2 Å². The summed E-state index contributed by atoms with van der Waals surface area (Å²) in [5.41, 5.74) is 4.53. The van der Waals surface area contributed by atoms with Gasteiger partial charge in [0.15, 0.2) is 5.78 Å². The average Bonchev–Trinajstić information content (AvgIpc) is 2.82. The van der Waals surface area contributed by atoms with E-state index in [9.17, 15) is 4.79 Å². The van der Waals surface area contributed by atoms with E-state index in [1.54, 1.807) is 0 Å². The minimum atomic E-state index is 0.112. The SMILES string of the molecule is CCCc1cccc2c1n(C)c(=N)n2CC(=O)C1=CC=CCC1. The lowest BCUT2D eigenvalue weighted by Crippen LogP contribution is -2.26. The Morgan fingerprint density at radius 3 is 2.87 bits per heavy atom. The van der Waals surface area contributed by atoms with Gasteiger partial charge in [0.2, 0.25) is 5.62 Å². The molecule has 0 fully saturated rings. The molecule has 23 heavy (non-hydrogen) atoms. The van der Waals surface area contributed by atoms with E-state index in [0.717, 1.165) is 42.3 Å². The molecule has 1 aliphatic carbocycles. The summed E-state index contributed by atoms with van der Waals surface area (Å²) in [6, 6.07) is 6.15. The van der Waals surface area contributed by atoms with Crippen molar-refractivity contribution in [2.45, 2.75) is 39.2 Å². The molecule has 1 aliphatic rings. The zero-order valence-electron chi connectivity index (χ0n) is 13.8. The lowest BCUT2D eigenvalue weighted by Gasteiger charge is -2.09. The number of rotatable bonds is 5. The number of benzene rings is 1. The number of aromatic nitrogens is 2. The van der Waals surface area contributed by atoms with Crippen LogP contribution in [0.5, 0.6) is 0 Å². The van der Waals surface area contributed by atoms with Crippen LogP contribution in [-0.2, 0) is 24.8 Å². The number of hydrogen-bond acceptors (Lipinski definition) is 2. The van der Waals surface area contributed by atoms with Gasteiger partial charge in [-0.3, -0.25) is 10.2 Å². The molecule has 0 amide bonds. The van der Waals surface area contributed by atoms with E-state index in [2.05, 4.69) is 19.1 Å². The van der Waals surface area contributed by atoms with Gasteiger partial charge in [0, 0.05) is 7.05 Å². The third kappa shape index (κ3) is 2.81. The number of Topliss-reactive ketones (excluding diaryl/α,β-unsaturated/α-hetero) is 1. The Balaban J connectivity index is 2.04. The summed E-state index contributed by atoms with van der Waals surface area (Å²) in [4.78, 5) is 12.6. The van der Waals surface area contributed by atoms with Crippen LogP contribution in [0.15, 0.2) is 42.0 Å². The molecule has 0 radical (unpaired) electrons. The third-order valence-corrected chi connectivity index (χ3v) is 4.49. The Morgan fingerprint density at radius 2 is 2.17 bits per heavy atom. The molecule has 0 saturated heterocycles. The average molecular weight is 309 g/mol. The Labute approximate surface area is 136 Å². The van der Waals surface area contributed by atoms with Crippen LogP contribution in [0.2, 0.25) is 0 Å². The number of carbonyl (C=O) groups is 1. The second-order valence-electron chi connectivity index (χ2n) is 6.09. The Kier molecular flexibility index (Phi) is 4.33. The Morgan fingerprint density at radius 1 is 1.35 bits per heavy atom. The summed E-state index contributed by atoms with van der Waals surface area (Å²) in [6.07, 6.45) is 9.71. The first kappa shape index (κ1) is 15.5. The van der Waals surface area contributed by atoms with E-state index in [1.807, 2.05) is 40.5 Å². The number of hydrogen-bond donors (Lipinski definition) is 1. The second kappa shape index (κ2) is 6.41. The summed E-state index contributed by atoms with van der Waals surface area (Å²) < 4.78 is 3.72. The minimum absolute atomic E-state index is 0.112. The monoisotopic (exact) mass is 309 g/mol. The van der Waals surface area contributed by atoms with E-state index < -0.39 is 0 Å². The smallest absolute Gasteiger partial charge is 0.203 e. The standard InChI is InChI=1S/C19H23N3O/c1-3-8-15-11-7-12-16-18(15)21(2)19(20)22(16)13-17(23)14-9-5-4-6-10-14/h4-5,7,9,11-12,20H,3,6,8,10,13H2,1-2H3. The van der Waals surface area contributed by atoms with Crippen LogP contribution in [-0.4, -0.2) is 14.9 Å². The molecule has 4 nitrogen and oxygen atoms in total. The maximum absolute atomic E-state index is 12.6. The summed E-state index contributed by atoms with van der Waals surface area (Å²) >= 11 is 0. The number of allylic oxidation sites excluding steroid dienone is 4. The van der Waals surface area contributed by atoms with Gasteiger partial charge in [-0.25, -0.2) is 0 Å². The molecule has 1 aromatic carbocycles. The Hall–Kier alpha value is -2.36. The Bertz CT molecular complexity index is 865.